The largest absolute Gasteiger partial charge is 0.487 e. The molecule has 0 saturated heterocycles. The second-order valence-electron chi connectivity index (χ2n) is 5.83. The van der Waals surface area contributed by atoms with Crippen LogP contribution in [-0.2, 0) is 22.4 Å². The van der Waals surface area contributed by atoms with E-state index in [-0.39, 0.29) is 6.61 Å². The lowest BCUT2D eigenvalue weighted by atomic mass is 10.1. The molecule has 0 aliphatic carbocycles. The fourth-order valence-corrected chi connectivity index (χ4v) is 2.66. The molecule has 1 aromatic heterocycles. The molecule has 2 amide bonds. The van der Waals surface area contributed by atoms with E-state index < -0.39 is 51.7 Å². The molecule has 2 rings (SSSR count). The molecule has 0 aliphatic heterocycles. The molecule has 1 aromatic carbocycles. The molecule has 29 heavy (non-hydrogen) atoms. The SMILES string of the molecule is CC(NC(=O)c1ccc(OCc2ccccn2)c(C(F)(F)F)c1Cl)C(=O)C(N)=O. The Balaban J connectivity index is 2.33. The van der Waals surface area contributed by atoms with Crippen molar-refractivity contribution in [2.24, 2.45) is 5.73 Å². The number of hydrogen-bond acceptors (Lipinski definition) is 5. The minimum absolute atomic E-state index is 0.254. The van der Waals surface area contributed by atoms with E-state index in [1.165, 1.54) is 6.20 Å². The van der Waals surface area contributed by atoms with Gasteiger partial charge in [-0.25, -0.2) is 0 Å². The van der Waals surface area contributed by atoms with Gasteiger partial charge in [0.2, 0.25) is 5.78 Å². The van der Waals surface area contributed by atoms with Crippen molar-refractivity contribution in [3.63, 3.8) is 0 Å². The van der Waals surface area contributed by atoms with E-state index in [4.69, 9.17) is 22.1 Å². The first-order valence-electron chi connectivity index (χ1n) is 8.09. The molecule has 2 aromatic rings. The van der Waals surface area contributed by atoms with Crippen LogP contribution in [0.25, 0.3) is 0 Å². The van der Waals surface area contributed by atoms with Gasteiger partial charge in [0.15, 0.2) is 0 Å². The van der Waals surface area contributed by atoms with E-state index in [2.05, 4.69) is 10.3 Å². The Bertz CT molecular complexity index is 936. The summed E-state index contributed by atoms with van der Waals surface area (Å²) in [6.45, 7) is 0.907. The predicted octanol–water partition coefficient (Wildman–Crippen LogP) is 2.51. The second-order valence-corrected chi connectivity index (χ2v) is 6.21. The minimum atomic E-state index is -4.93. The van der Waals surface area contributed by atoms with Crippen molar-refractivity contribution >= 4 is 29.2 Å². The Labute approximate surface area is 168 Å². The van der Waals surface area contributed by atoms with Gasteiger partial charge in [-0.15, -0.1) is 0 Å². The van der Waals surface area contributed by atoms with Crippen LogP contribution in [0.1, 0.15) is 28.5 Å². The number of nitrogens with two attached hydrogens (primary N) is 1. The monoisotopic (exact) mass is 429 g/mol. The summed E-state index contributed by atoms with van der Waals surface area (Å²) in [6.07, 6.45) is -3.47. The zero-order valence-electron chi connectivity index (χ0n) is 14.9. The van der Waals surface area contributed by atoms with E-state index in [9.17, 15) is 27.6 Å². The van der Waals surface area contributed by atoms with E-state index >= 15 is 0 Å². The van der Waals surface area contributed by atoms with Crippen molar-refractivity contribution in [2.75, 3.05) is 0 Å². The zero-order chi connectivity index (χ0) is 21.8. The van der Waals surface area contributed by atoms with E-state index in [0.717, 1.165) is 19.1 Å². The maximum atomic E-state index is 13.5. The van der Waals surface area contributed by atoms with Gasteiger partial charge in [0.1, 0.15) is 17.9 Å². The van der Waals surface area contributed by atoms with E-state index in [1.54, 1.807) is 18.2 Å². The van der Waals surface area contributed by atoms with Crippen LogP contribution >= 0.6 is 11.6 Å². The lowest BCUT2D eigenvalue weighted by Crippen LogP contribution is -2.44. The maximum absolute atomic E-state index is 13.5. The van der Waals surface area contributed by atoms with E-state index in [1.807, 2.05) is 0 Å². The third-order valence-corrected chi connectivity index (χ3v) is 4.11. The number of ether oxygens (including phenoxy) is 1. The van der Waals surface area contributed by atoms with Gasteiger partial charge in [-0.3, -0.25) is 19.4 Å². The molecular weight excluding hydrogens is 415 g/mol. The second kappa shape index (κ2) is 8.91. The van der Waals surface area contributed by atoms with E-state index in [0.29, 0.717) is 5.69 Å². The number of benzene rings is 1. The van der Waals surface area contributed by atoms with Crippen LogP contribution < -0.4 is 15.8 Å². The number of nitrogens with zero attached hydrogens (tertiary/aromatic N) is 1. The first-order chi connectivity index (χ1) is 13.5. The highest BCUT2D eigenvalue weighted by Crippen LogP contribution is 2.42. The molecule has 0 bridgehead atoms. The molecule has 154 valence electrons. The van der Waals surface area contributed by atoms with Crippen LogP contribution in [0, 0.1) is 0 Å². The first kappa shape index (κ1) is 22.2. The number of aromatic nitrogens is 1. The number of ketones is 1. The number of amides is 2. The van der Waals surface area contributed by atoms with Gasteiger partial charge < -0.3 is 15.8 Å². The first-order valence-corrected chi connectivity index (χ1v) is 8.47. The van der Waals surface area contributed by atoms with Gasteiger partial charge in [-0.1, -0.05) is 17.7 Å². The lowest BCUT2D eigenvalue weighted by Gasteiger charge is -2.18. The van der Waals surface area contributed by atoms with Crippen molar-refractivity contribution in [1.82, 2.24) is 10.3 Å². The quantitative estimate of drug-likeness (QED) is 0.657. The molecular formula is C18H15ClF3N3O4. The number of nitrogens with one attached hydrogen (secondary N) is 1. The van der Waals surface area contributed by atoms with Gasteiger partial charge in [-0.2, -0.15) is 13.2 Å². The van der Waals surface area contributed by atoms with Crippen LogP contribution in [0.15, 0.2) is 36.5 Å². The fourth-order valence-electron chi connectivity index (χ4n) is 2.31. The summed E-state index contributed by atoms with van der Waals surface area (Å²) in [5, 5.41) is 1.17. The number of alkyl halides is 3. The Morgan fingerprint density at radius 2 is 1.93 bits per heavy atom. The number of carbonyl (C=O) groups excluding carboxylic acids is 3. The van der Waals surface area contributed by atoms with Gasteiger partial charge >= 0.3 is 6.18 Å². The highest BCUT2D eigenvalue weighted by molar-refractivity contribution is 6.38. The fraction of sp³-hybridized carbons (Fsp3) is 0.222. The molecule has 0 saturated carbocycles. The molecule has 11 heteroatoms. The third-order valence-electron chi connectivity index (χ3n) is 3.72. The van der Waals surface area contributed by atoms with Crippen LogP contribution in [0.2, 0.25) is 5.02 Å². The highest BCUT2D eigenvalue weighted by atomic mass is 35.5. The topological polar surface area (TPSA) is 111 Å². The number of carbonyl (C=O) groups is 3. The van der Waals surface area contributed by atoms with Crippen LogP contribution in [0.5, 0.6) is 5.75 Å². The molecule has 0 aliphatic rings. The van der Waals surface area contributed by atoms with Gasteiger partial charge in [0, 0.05) is 6.20 Å². The van der Waals surface area contributed by atoms with Crippen LogP contribution in [0.4, 0.5) is 13.2 Å². The maximum Gasteiger partial charge on any atom is 0.421 e. The minimum Gasteiger partial charge on any atom is -0.487 e. The normalized spacial score (nSPS) is 12.2. The van der Waals surface area contributed by atoms with Crippen molar-refractivity contribution < 1.29 is 32.3 Å². The molecule has 7 nitrogen and oxygen atoms in total. The van der Waals surface area contributed by atoms with Crippen molar-refractivity contribution in [3.05, 3.63) is 58.4 Å². The Hall–Kier alpha value is -3.14. The summed E-state index contributed by atoms with van der Waals surface area (Å²) in [5.41, 5.74) is 3.32. The van der Waals surface area contributed by atoms with Crippen molar-refractivity contribution in [2.45, 2.75) is 25.7 Å². The average molecular weight is 430 g/mol. The highest BCUT2D eigenvalue weighted by Gasteiger charge is 2.39. The smallest absolute Gasteiger partial charge is 0.421 e. The van der Waals surface area contributed by atoms with Crippen molar-refractivity contribution in [3.8, 4) is 5.75 Å². The summed E-state index contributed by atoms with van der Waals surface area (Å²) in [4.78, 5) is 38.5. The number of pyridine rings is 1. The molecule has 0 fully saturated rings. The number of hydrogen-bond donors (Lipinski definition) is 2. The average Bonchev–Trinajstić information content (AvgIpc) is 2.65. The van der Waals surface area contributed by atoms with Crippen LogP contribution in [0.3, 0.4) is 0 Å². The standard InChI is InChI=1S/C18H15ClF3N3O4/c1-9(15(26)16(23)27)25-17(28)11-5-6-12(13(14(11)19)18(20,21)22)29-8-10-4-2-3-7-24-10/h2-7,9H,8H2,1H3,(H2,23,27)(H,25,28). The van der Waals surface area contributed by atoms with Crippen LogP contribution in [-0.4, -0.2) is 28.6 Å². The Kier molecular flexibility index (Phi) is 6.80. The predicted molar refractivity (Wildman–Crippen MR) is 96.2 cm³/mol. The molecule has 0 spiro atoms. The summed E-state index contributed by atoms with van der Waals surface area (Å²) >= 11 is 5.85. The summed E-state index contributed by atoms with van der Waals surface area (Å²) in [7, 11) is 0. The summed E-state index contributed by atoms with van der Waals surface area (Å²) < 4.78 is 45.8. The van der Waals surface area contributed by atoms with Gasteiger partial charge in [-0.05, 0) is 31.2 Å². The van der Waals surface area contributed by atoms with Crippen molar-refractivity contribution in [1.29, 1.82) is 0 Å². The molecule has 1 heterocycles. The number of Topliss-reactive ketones (excluding diaryl/α,β-unsaturated/α-hetero) is 1. The Morgan fingerprint density at radius 3 is 2.48 bits per heavy atom. The Morgan fingerprint density at radius 1 is 1.24 bits per heavy atom. The van der Waals surface area contributed by atoms with Gasteiger partial charge in [0.25, 0.3) is 11.8 Å². The number of halogens is 4. The zero-order valence-corrected chi connectivity index (χ0v) is 15.7. The molecule has 0 radical (unpaired) electrons. The number of rotatable bonds is 7. The number of primary amides is 1. The lowest BCUT2D eigenvalue weighted by molar-refractivity contribution is -0.139. The molecule has 3 N–H and O–H groups in total. The summed E-state index contributed by atoms with van der Waals surface area (Å²) in [5.74, 6) is -4.08. The third kappa shape index (κ3) is 5.44. The summed E-state index contributed by atoms with van der Waals surface area (Å²) in [6, 6.07) is 5.46. The van der Waals surface area contributed by atoms with Gasteiger partial charge in [0.05, 0.1) is 22.3 Å². The molecule has 1 atom stereocenters. The molecule has 1 unspecified atom stereocenters.